The molecular weight excluding hydrogens is 116 g/mol. The largest absolute Gasteiger partial charge is 0.381 e. The Bertz CT molecular complexity index is 112. The molecule has 1 aliphatic heterocycles. The molecule has 1 heterocycles. The van der Waals surface area contributed by atoms with E-state index < -0.39 is 0 Å². The van der Waals surface area contributed by atoms with Gasteiger partial charge in [0.25, 0.3) is 0 Å². The van der Waals surface area contributed by atoms with Gasteiger partial charge in [-0.3, -0.25) is 4.79 Å². The molecule has 0 amide bonds. The molecule has 0 aliphatic carbocycles. The van der Waals surface area contributed by atoms with Crippen molar-refractivity contribution in [3.63, 3.8) is 0 Å². The van der Waals surface area contributed by atoms with Crippen LogP contribution in [0, 0.1) is 5.92 Å². The van der Waals surface area contributed by atoms with E-state index in [-0.39, 0.29) is 0 Å². The molecule has 1 aliphatic rings. The van der Waals surface area contributed by atoms with Gasteiger partial charge in [0, 0.05) is 12.5 Å². The highest BCUT2D eigenvalue weighted by Crippen LogP contribution is 2.12. The van der Waals surface area contributed by atoms with E-state index in [1.165, 1.54) is 0 Å². The molecule has 1 atom stereocenters. The summed E-state index contributed by atoms with van der Waals surface area (Å²) < 4.78 is 5.09. The molecule has 2 heteroatoms. The number of hydrogen-bond donors (Lipinski definition) is 0. The fourth-order valence-electron chi connectivity index (χ4n) is 0.907. The SMILES string of the molecule is O=C/C=C/C1CCOC1. The summed E-state index contributed by atoms with van der Waals surface area (Å²) in [5.41, 5.74) is 0. The third-order valence-corrected chi connectivity index (χ3v) is 1.43. The summed E-state index contributed by atoms with van der Waals surface area (Å²) in [5.74, 6) is 0.482. The first-order chi connectivity index (χ1) is 4.43. The predicted octanol–water partition coefficient (Wildman–Crippen LogP) is 0.778. The van der Waals surface area contributed by atoms with Crippen molar-refractivity contribution >= 4 is 6.29 Å². The summed E-state index contributed by atoms with van der Waals surface area (Å²) in [6, 6.07) is 0. The summed E-state index contributed by atoms with van der Waals surface area (Å²) in [6.45, 7) is 1.62. The summed E-state index contributed by atoms with van der Waals surface area (Å²) in [7, 11) is 0. The predicted molar refractivity (Wildman–Crippen MR) is 34.1 cm³/mol. The second-order valence-electron chi connectivity index (χ2n) is 2.14. The molecule has 1 fully saturated rings. The zero-order chi connectivity index (χ0) is 6.53. The lowest BCUT2D eigenvalue weighted by atomic mass is 10.1. The summed E-state index contributed by atoms with van der Waals surface area (Å²) in [6.07, 6.45) is 5.31. The van der Waals surface area contributed by atoms with Crippen LogP contribution in [0.1, 0.15) is 6.42 Å². The minimum Gasteiger partial charge on any atom is -0.381 e. The lowest BCUT2D eigenvalue weighted by Crippen LogP contribution is -1.92. The second kappa shape index (κ2) is 3.41. The van der Waals surface area contributed by atoms with E-state index in [1.54, 1.807) is 6.08 Å². The van der Waals surface area contributed by atoms with Crippen LogP contribution in [0.4, 0.5) is 0 Å². The maximum absolute atomic E-state index is 9.83. The molecule has 0 radical (unpaired) electrons. The number of ether oxygens (including phenoxy) is 1. The zero-order valence-corrected chi connectivity index (χ0v) is 5.25. The Kier molecular flexibility index (Phi) is 2.46. The van der Waals surface area contributed by atoms with Gasteiger partial charge in [-0.25, -0.2) is 0 Å². The van der Waals surface area contributed by atoms with Gasteiger partial charge in [-0.1, -0.05) is 6.08 Å². The van der Waals surface area contributed by atoms with Crippen LogP contribution in [0.2, 0.25) is 0 Å². The third kappa shape index (κ3) is 1.98. The second-order valence-corrected chi connectivity index (χ2v) is 2.14. The third-order valence-electron chi connectivity index (χ3n) is 1.43. The van der Waals surface area contributed by atoms with Crippen LogP contribution in [0.5, 0.6) is 0 Å². The highest BCUT2D eigenvalue weighted by molar-refractivity contribution is 5.64. The highest BCUT2D eigenvalue weighted by Gasteiger charge is 2.10. The van der Waals surface area contributed by atoms with Gasteiger partial charge in [0.1, 0.15) is 6.29 Å². The number of rotatable bonds is 2. The summed E-state index contributed by atoms with van der Waals surface area (Å²) in [5, 5.41) is 0. The van der Waals surface area contributed by atoms with Gasteiger partial charge in [-0.2, -0.15) is 0 Å². The monoisotopic (exact) mass is 126 g/mol. The average molecular weight is 126 g/mol. The van der Waals surface area contributed by atoms with E-state index in [4.69, 9.17) is 4.74 Å². The van der Waals surface area contributed by atoms with Crippen LogP contribution < -0.4 is 0 Å². The molecule has 9 heavy (non-hydrogen) atoms. The van der Waals surface area contributed by atoms with Gasteiger partial charge in [0.2, 0.25) is 0 Å². The van der Waals surface area contributed by atoms with Gasteiger partial charge in [0.05, 0.1) is 6.61 Å². The minimum atomic E-state index is 0.482. The Labute approximate surface area is 54.5 Å². The number of allylic oxidation sites excluding steroid dienone is 1. The van der Waals surface area contributed by atoms with E-state index in [9.17, 15) is 4.79 Å². The highest BCUT2D eigenvalue weighted by atomic mass is 16.5. The molecule has 0 aromatic rings. The van der Waals surface area contributed by atoms with Crippen LogP contribution in [0.15, 0.2) is 12.2 Å². The van der Waals surface area contributed by atoms with Crippen LogP contribution in [-0.2, 0) is 9.53 Å². The standard InChI is InChI=1S/C7H10O2/c8-4-1-2-7-3-5-9-6-7/h1-2,4,7H,3,5-6H2/b2-1+. The van der Waals surface area contributed by atoms with Crippen LogP contribution in [-0.4, -0.2) is 19.5 Å². The van der Waals surface area contributed by atoms with Crippen molar-refractivity contribution in [3.8, 4) is 0 Å². The summed E-state index contributed by atoms with van der Waals surface area (Å²) >= 11 is 0. The zero-order valence-electron chi connectivity index (χ0n) is 5.25. The fraction of sp³-hybridized carbons (Fsp3) is 0.571. The molecule has 0 spiro atoms. The first kappa shape index (κ1) is 6.49. The topological polar surface area (TPSA) is 26.3 Å². The van der Waals surface area contributed by atoms with Crippen LogP contribution in [0.3, 0.4) is 0 Å². The maximum atomic E-state index is 9.83. The Morgan fingerprint density at radius 1 is 1.56 bits per heavy atom. The lowest BCUT2D eigenvalue weighted by Gasteiger charge is -1.94. The number of carbonyl (C=O) groups excluding carboxylic acids is 1. The number of hydrogen-bond acceptors (Lipinski definition) is 2. The van der Waals surface area contributed by atoms with Gasteiger partial charge in [-0.05, 0) is 12.5 Å². The van der Waals surface area contributed by atoms with E-state index in [1.807, 2.05) is 6.08 Å². The molecule has 0 aromatic carbocycles. The molecule has 0 N–H and O–H groups in total. The Morgan fingerprint density at radius 2 is 2.44 bits per heavy atom. The van der Waals surface area contributed by atoms with Gasteiger partial charge in [-0.15, -0.1) is 0 Å². The Morgan fingerprint density at radius 3 is 3.00 bits per heavy atom. The molecule has 1 saturated heterocycles. The molecule has 0 aromatic heterocycles. The lowest BCUT2D eigenvalue weighted by molar-refractivity contribution is -0.104. The molecule has 2 nitrogen and oxygen atoms in total. The van der Waals surface area contributed by atoms with Crippen molar-refractivity contribution < 1.29 is 9.53 Å². The van der Waals surface area contributed by atoms with Crippen molar-refractivity contribution in [2.45, 2.75) is 6.42 Å². The number of carbonyl (C=O) groups is 1. The van der Waals surface area contributed by atoms with E-state index >= 15 is 0 Å². The molecule has 1 rings (SSSR count). The molecule has 0 saturated carbocycles. The normalized spacial score (nSPS) is 27.3. The van der Waals surface area contributed by atoms with Crippen LogP contribution >= 0.6 is 0 Å². The van der Waals surface area contributed by atoms with Crippen molar-refractivity contribution in [2.24, 2.45) is 5.92 Å². The number of aldehydes is 1. The van der Waals surface area contributed by atoms with Crippen molar-refractivity contribution in [2.75, 3.05) is 13.2 Å². The first-order valence-electron chi connectivity index (χ1n) is 3.13. The van der Waals surface area contributed by atoms with E-state index in [2.05, 4.69) is 0 Å². The van der Waals surface area contributed by atoms with Crippen molar-refractivity contribution in [1.82, 2.24) is 0 Å². The Hall–Kier alpha value is -0.630. The van der Waals surface area contributed by atoms with Gasteiger partial charge < -0.3 is 4.74 Å². The van der Waals surface area contributed by atoms with Crippen LogP contribution in [0.25, 0.3) is 0 Å². The molecule has 1 unspecified atom stereocenters. The fourth-order valence-corrected chi connectivity index (χ4v) is 0.907. The maximum Gasteiger partial charge on any atom is 0.142 e. The first-order valence-corrected chi connectivity index (χ1v) is 3.13. The van der Waals surface area contributed by atoms with E-state index in [0.29, 0.717) is 5.92 Å². The van der Waals surface area contributed by atoms with E-state index in [0.717, 1.165) is 25.9 Å². The quantitative estimate of drug-likeness (QED) is 0.403. The molecule has 50 valence electrons. The van der Waals surface area contributed by atoms with Gasteiger partial charge >= 0.3 is 0 Å². The minimum absolute atomic E-state index is 0.482. The molecular formula is C7H10O2. The van der Waals surface area contributed by atoms with Crippen molar-refractivity contribution in [1.29, 1.82) is 0 Å². The summed E-state index contributed by atoms with van der Waals surface area (Å²) in [4.78, 5) is 9.83. The molecule has 0 bridgehead atoms. The van der Waals surface area contributed by atoms with Crippen molar-refractivity contribution in [3.05, 3.63) is 12.2 Å². The van der Waals surface area contributed by atoms with Gasteiger partial charge in [0.15, 0.2) is 0 Å². The smallest absolute Gasteiger partial charge is 0.142 e. The average Bonchev–Trinajstić information content (AvgIpc) is 2.34. The Balaban J connectivity index is 2.25.